The van der Waals surface area contributed by atoms with E-state index in [2.05, 4.69) is 15.3 Å². The number of hydrazine groups is 1. The lowest BCUT2D eigenvalue weighted by molar-refractivity contribution is 0.0516. The molecule has 1 aliphatic carbocycles. The summed E-state index contributed by atoms with van der Waals surface area (Å²) in [5.74, 6) is -0.0000774. The van der Waals surface area contributed by atoms with Crippen molar-refractivity contribution >= 4 is 5.91 Å². The molecule has 4 heteroatoms. The fraction of sp³-hybridized carbons (Fsp3) is 0.562. The van der Waals surface area contributed by atoms with E-state index in [9.17, 15) is 4.79 Å². The first-order chi connectivity index (χ1) is 9.83. The number of benzene rings is 1. The summed E-state index contributed by atoms with van der Waals surface area (Å²) < 4.78 is 0. The summed E-state index contributed by atoms with van der Waals surface area (Å²) in [6.07, 6.45) is 5.48. The van der Waals surface area contributed by atoms with Crippen molar-refractivity contribution in [3.05, 3.63) is 35.9 Å². The Morgan fingerprint density at radius 1 is 1.00 bits per heavy atom. The number of amides is 1. The zero-order chi connectivity index (χ0) is 13.8. The van der Waals surface area contributed by atoms with Crippen LogP contribution in [0.1, 0.15) is 36.0 Å². The van der Waals surface area contributed by atoms with Crippen LogP contribution in [0.3, 0.4) is 0 Å². The maximum atomic E-state index is 12.1. The first-order valence-corrected chi connectivity index (χ1v) is 7.68. The molecule has 0 radical (unpaired) electrons. The average molecular weight is 273 g/mol. The second kappa shape index (κ2) is 6.37. The Labute approximate surface area is 120 Å². The van der Waals surface area contributed by atoms with Crippen molar-refractivity contribution in [1.29, 1.82) is 0 Å². The van der Waals surface area contributed by atoms with Crippen molar-refractivity contribution in [2.75, 3.05) is 26.2 Å². The highest BCUT2D eigenvalue weighted by atomic mass is 16.2. The van der Waals surface area contributed by atoms with E-state index in [1.165, 1.54) is 25.7 Å². The summed E-state index contributed by atoms with van der Waals surface area (Å²) in [7, 11) is 0. The highest BCUT2D eigenvalue weighted by Gasteiger charge is 2.26. The van der Waals surface area contributed by atoms with Gasteiger partial charge in [0.25, 0.3) is 5.91 Å². The summed E-state index contributed by atoms with van der Waals surface area (Å²) in [4.78, 5) is 14.7. The number of piperazine rings is 1. The van der Waals surface area contributed by atoms with Gasteiger partial charge in [0, 0.05) is 37.8 Å². The summed E-state index contributed by atoms with van der Waals surface area (Å²) in [5.41, 5.74) is 3.74. The molecule has 0 atom stereocenters. The van der Waals surface area contributed by atoms with E-state index in [0.717, 1.165) is 37.8 Å². The smallest absolute Gasteiger partial charge is 0.265 e. The monoisotopic (exact) mass is 273 g/mol. The molecule has 3 rings (SSSR count). The Morgan fingerprint density at radius 3 is 2.30 bits per heavy atom. The van der Waals surface area contributed by atoms with E-state index in [4.69, 9.17) is 0 Å². The van der Waals surface area contributed by atoms with Crippen LogP contribution in [0, 0.1) is 0 Å². The molecule has 1 heterocycles. The van der Waals surface area contributed by atoms with Crippen molar-refractivity contribution in [2.45, 2.75) is 31.7 Å². The molecule has 1 N–H and O–H groups in total. The van der Waals surface area contributed by atoms with Gasteiger partial charge < -0.3 is 0 Å². The molecular formula is C16H23N3O. The summed E-state index contributed by atoms with van der Waals surface area (Å²) >= 11 is 0. The minimum absolute atomic E-state index is 0.0000774. The minimum atomic E-state index is -0.0000774. The Kier molecular flexibility index (Phi) is 4.33. The van der Waals surface area contributed by atoms with Crippen LogP contribution in [0.5, 0.6) is 0 Å². The van der Waals surface area contributed by atoms with Gasteiger partial charge in [0.05, 0.1) is 0 Å². The quantitative estimate of drug-likeness (QED) is 0.913. The molecule has 0 spiro atoms. The van der Waals surface area contributed by atoms with E-state index in [1.54, 1.807) is 0 Å². The third-order valence-electron chi connectivity index (χ3n) is 4.45. The van der Waals surface area contributed by atoms with Crippen LogP contribution in [0.15, 0.2) is 30.3 Å². The van der Waals surface area contributed by atoms with E-state index in [0.29, 0.717) is 0 Å². The minimum Gasteiger partial charge on any atom is -0.298 e. The molecule has 4 nitrogen and oxygen atoms in total. The molecule has 2 aliphatic rings. The number of hydrogen-bond donors (Lipinski definition) is 1. The fourth-order valence-electron chi connectivity index (χ4n) is 3.27. The molecule has 1 saturated heterocycles. The molecule has 2 fully saturated rings. The zero-order valence-corrected chi connectivity index (χ0v) is 11.9. The fourth-order valence-corrected chi connectivity index (χ4v) is 3.27. The summed E-state index contributed by atoms with van der Waals surface area (Å²) in [5, 5.41) is 2.06. The van der Waals surface area contributed by atoms with Crippen LogP contribution in [-0.4, -0.2) is 48.0 Å². The zero-order valence-electron chi connectivity index (χ0n) is 11.9. The molecule has 1 aromatic rings. The van der Waals surface area contributed by atoms with Crippen molar-refractivity contribution in [3.8, 4) is 0 Å². The number of rotatable bonds is 3. The van der Waals surface area contributed by atoms with Gasteiger partial charge in [-0.1, -0.05) is 31.0 Å². The maximum absolute atomic E-state index is 12.1. The van der Waals surface area contributed by atoms with E-state index in [1.807, 2.05) is 30.3 Å². The lowest BCUT2D eigenvalue weighted by Crippen LogP contribution is -2.55. The third kappa shape index (κ3) is 3.19. The van der Waals surface area contributed by atoms with Crippen molar-refractivity contribution in [3.63, 3.8) is 0 Å². The SMILES string of the molecule is O=C(NN1CCN(C2CCCC2)CC1)c1ccccc1. The number of hydrogen-bond acceptors (Lipinski definition) is 3. The number of nitrogens with one attached hydrogen (secondary N) is 1. The first-order valence-electron chi connectivity index (χ1n) is 7.68. The number of carbonyl (C=O) groups is 1. The molecule has 108 valence electrons. The van der Waals surface area contributed by atoms with Crippen molar-refractivity contribution in [2.24, 2.45) is 0 Å². The number of carbonyl (C=O) groups excluding carboxylic acids is 1. The van der Waals surface area contributed by atoms with E-state index < -0.39 is 0 Å². The molecule has 1 aliphatic heterocycles. The van der Waals surface area contributed by atoms with E-state index >= 15 is 0 Å². The van der Waals surface area contributed by atoms with Crippen LogP contribution in [0.25, 0.3) is 0 Å². The number of nitrogens with zero attached hydrogens (tertiary/aromatic N) is 2. The Morgan fingerprint density at radius 2 is 1.65 bits per heavy atom. The predicted molar refractivity (Wildman–Crippen MR) is 79.3 cm³/mol. The van der Waals surface area contributed by atoms with Crippen molar-refractivity contribution < 1.29 is 4.79 Å². The topological polar surface area (TPSA) is 35.6 Å². The van der Waals surface area contributed by atoms with Crippen LogP contribution in [0.4, 0.5) is 0 Å². The van der Waals surface area contributed by atoms with Gasteiger partial charge in [-0.15, -0.1) is 0 Å². The largest absolute Gasteiger partial charge is 0.298 e. The van der Waals surface area contributed by atoms with Gasteiger partial charge in [0.1, 0.15) is 0 Å². The van der Waals surface area contributed by atoms with Gasteiger partial charge in [-0.25, -0.2) is 5.01 Å². The molecule has 20 heavy (non-hydrogen) atoms. The van der Waals surface area contributed by atoms with Crippen LogP contribution >= 0.6 is 0 Å². The Balaban J connectivity index is 1.47. The van der Waals surface area contributed by atoms with Gasteiger partial charge in [-0.05, 0) is 25.0 Å². The highest BCUT2D eigenvalue weighted by molar-refractivity contribution is 5.93. The van der Waals surface area contributed by atoms with Crippen LogP contribution < -0.4 is 5.43 Å². The lowest BCUT2D eigenvalue weighted by atomic mass is 10.2. The average Bonchev–Trinajstić information content (AvgIpc) is 3.03. The van der Waals surface area contributed by atoms with Gasteiger partial charge >= 0.3 is 0 Å². The highest BCUT2D eigenvalue weighted by Crippen LogP contribution is 2.24. The standard InChI is InChI=1S/C16H23N3O/c20-16(14-6-2-1-3-7-14)17-19-12-10-18(11-13-19)15-8-4-5-9-15/h1-3,6-7,15H,4-5,8-13H2,(H,17,20). The second-order valence-electron chi connectivity index (χ2n) is 5.77. The van der Waals surface area contributed by atoms with Gasteiger partial charge in [0.15, 0.2) is 0 Å². The Bertz CT molecular complexity index is 434. The van der Waals surface area contributed by atoms with Gasteiger partial charge in [0.2, 0.25) is 0 Å². The van der Waals surface area contributed by atoms with Gasteiger partial charge in [-0.2, -0.15) is 0 Å². The predicted octanol–water partition coefficient (Wildman–Crippen LogP) is 1.89. The molecule has 0 bridgehead atoms. The first kappa shape index (κ1) is 13.6. The van der Waals surface area contributed by atoms with E-state index in [-0.39, 0.29) is 5.91 Å². The molecular weight excluding hydrogens is 250 g/mol. The van der Waals surface area contributed by atoms with Gasteiger partial charge in [-0.3, -0.25) is 15.1 Å². The summed E-state index contributed by atoms with van der Waals surface area (Å²) in [6.45, 7) is 3.99. The van der Waals surface area contributed by atoms with Crippen molar-refractivity contribution in [1.82, 2.24) is 15.3 Å². The van der Waals surface area contributed by atoms with Crippen LogP contribution in [0.2, 0.25) is 0 Å². The second-order valence-corrected chi connectivity index (χ2v) is 5.77. The summed E-state index contributed by atoms with van der Waals surface area (Å²) in [6, 6.07) is 10.2. The molecule has 0 unspecified atom stereocenters. The maximum Gasteiger partial charge on any atom is 0.265 e. The molecule has 1 amide bonds. The van der Waals surface area contributed by atoms with Crippen LogP contribution in [-0.2, 0) is 0 Å². The lowest BCUT2D eigenvalue weighted by Gasteiger charge is -2.37. The molecule has 1 saturated carbocycles. The Hall–Kier alpha value is -1.39. The molecule has 0 aromatic heterocycles. The third-order valence-corrected chi connectivity index (χ3v) is 4.45. The molecule has 1 aromatic carbocycles. The normalized spacial score (nSPS) is 22.0.